The number of nitrogens with one attached hydrogen (secondary N) is 3. The molecule has 5 rings (SSSR count). The second-order valence-electron chi connectivity index (χ2n) is 8.95. The van der Waals surface area contributed by atoms with E-state index in [9.17, 15) is 9.59 Å². The molecule has 3 aliphatic heterocycles. The van der Waals surface area contributed by atoms with Crippen molar-refractivity contribution in [3.8, 4) is 5.75 Å². The Hall–Kier alpha value is -2.81. The fourth-order valence-corrected chi connectivity index (χ4v) is 6.08. The molecule has 0 radical (unpaired) electrons. The summed E-state index contributed by atoms with van der Waals surface area (Å²) in [4.78, 5) is 28.1. The summed E-state index contributed by atoms with van der Waals surface area (Å²) in [5.74, 6) is 0.763. The van der Waals surface area contributed by atoms with Gasteiger partial charge >= 0.3 is 0 Å². The first-order valence-electron chi connectivity index (χ1n) is 11.7. The number of amides is 2. The number of benzene rings is 2. The van der Waals surface area contributed by atoms with Gasteiger partial charge in [-0.05, 0) is 47.1 Å². The standard InChI is InChI=1S/C26H30N4O3S/c1-33-20-11-5-7-17(13-20)14-27-24(31)19-10-6-12-30(15-19)26-28-22-21(18-8-3-2-4-9-18)16-34-23(22)25(32)29-26/h2-5,7-9,11,13,16,19,22-23,26,28H,6,10,12,14-15H2,1H3,(H,27,31)(H,29,32). The lowest BCUT2D eigenvalue weighted by atomic mass is 9.94. The Morgan fingerprint density at radius 2 is 2.06 bits per heavy atom. The van der Waals surface area contributed by atoms with Crippen LogP contribution in [0.15, 0.2) is 60.0 Å². The largest absolute Gasteiger partial charge is 0.497 e. The van der Waals surface area contributed by atoms with Crippen LogP contribution >= 0.6 is 11.8 Å². The van der Waals surface area contributed by atoms with Crippen molar-refractivity contribution in [1.82, 2.24) is 20.9 Å². The smallest absolute Gasteiger partial charge is 0.237 e. The first kappa shape index (κ1) is 23.0. The van der Waals surface area contributed by atoms with E-state index in [1.165, 1.54) is 0 Å². The molecule has 0 saturated carbocycles. The number of carbonyl (C=O) groups is 2. The molecular weight excluding hydrogens is 448 g/mol. The van der Waals surface area contributed by atoms with E-state index >= 15 is 0 Å². The lowest BCUT2D eigenvalue weighted by molar-refractivity contribution is -0.129. The van der Waals surface area contributed by atoms with Crippen molar-refractivity contribution >= 4 is 29.1 Å². The maximum Gasteiger partial charge on any atom is 0.237 e. The number of carbonyl (C=O) groups excluding carboxylic acids is 2. The highest BCUT2D eigenvalue weighted by molar-refractivity contribution is 8.04. The average Bonchev–Trinajstić information content (AvgIpc) is 3.33. The molecule has 2 fully saturated rings. The normalized spacial score (nSPS) is 26.9. The minimum absolute atomic E-state index is 0.0468. The summed E-state index contributed by atoms with van der Waals surface area (Å²) in [6.07, 6.45) is 1.47. The highest BCUT2D eigenvalue weighted by Crippen LogP contribution is 2.38. The summed E-state index contributed by atoms with van der Waals surface area (Å²) >= 11 is 1.57. The highest BCUT2D eigenvalue weighted by Gasteiger charge is 2.44. The van der Waals surface area contributed by atoms with Gasteiger partial charge in [0.2, 0.25) is 11.8 Å². The maximum absolute atomic E-state index is 12.9. The molecule has 0 aliphatic carbocycles. The fourth-order valence-electron chi connectivity index (χ4n) is 4.93. The van der Waals surface area contributed by atoms with Crippen molar-refractivity contribution in [2.45, 2.75) is 37.0 Å². The predicted molar refractivity (Wildman–Crippen MR) is 134 cm³/mol. The van der Waals surface area contributed by atoms with E-state index in [0.29, 0.717) is 13.1 Å². The van der Waals surface area contributed by atoms with E-state index in [2.05, 4.69) is 38.4 Å². The van der Waals surface area contributed by atoms with Gasteiger partial charge in [0.05, 0.1) is 19.1 Å². The quantitative estimate of drug-likeness (QED) is 0.592. The molecule has 0 bridgehead atoms. The van der Waals surface area contributed by atoms with Crippen LogP contribution < -0.4 is 20.7 Å². The Morgan fingerprint density at radius 1 is 1.21 bits per heavy atom. The van der Waals surface area contributed by atoms with Gasteiger partial charge in [0, 0.05) is 19.6 Å². The summed E-state index contributed by atoms with van der Waals surface area (Å²) < 4.78 is 5.27. The van der Waals surface area contributed by atoms with Crippen LogP contribution in [0.5, 0.6) is 5.75 Å². The molecule has 2 aromatic rings. The molecule has 2 aromatic carbocycles. The van der Waals surface area contributed by atoms with Gasteiger partial charge in [-0.1, -0.05) is 42.5 Å². The van der Waals surface area contributed by atoms with Crippen LogP contribution in [0.4, 0.5) is 0 Å². The minimum Gasteiger partial charge on any atom is -0.497 e. The Balaban J connectivity index is 1.21. The van der Waals surface area contributed by atoms with Gasteiger partial charge < -0.3 is 15.4 Å². The SMILES string of the molecule is COc1cccc(CNC(=O)C2CCCN(C3NC(=O)C4SC=C(c5ccccc5)C4N3)C2)c1. The number of ether oxygens (including phenoxy) is 1. The molecule has 178 valence electrons. The molecule has 3 heterocycles. The number of likely N-dealkylation sites (tertiary alicyclic amines) is 1. The molecule has 3 aliphatic rings. The predicted octanol–water partition coefficient (Wildman–Crippen LogP) is 2.55. The third kappa shape index (κ3) is 4.85. The summed E-state index contributed by atoms with van der Waals surface area (Å²) in [6, 6.07) is 17.9. The van der Waals surface area contributed by atoms with Crippen molar-refractivity contribution in [2.75, 3.05) is 20.2 Å². The zero-order valence-electron chi connectivity index (χ0n) is 19.2. The Bertz CT molecular complexity index is 1080. The van der Waals surface area contributed by atoms with Gasteiger partial charge in [0.25, 0.3) is 0 Å². The number of thioether (sulfide) groups is 1. The molecule has 0 spiro atoms. The second kappa shape index (κ2) is 10.2. The van der Waals surface area contributed by atoms with Crippen LogP contribution in [-0.4, -0.2) is 54.5 Å². The molecule has 8 heteroatoms. The third-order valence-corrected chi connectivity index (χ3v) is 7.92. The lowest BCUT2D eigenvalue weighted by Crippen LogP contribution is -2.69. The molecule has 7 nitrogen and oxygen atoms in total. The molecule has 34 heavy (non-hydrogen) atoms. The molecule has 0 aromatic heterocycles. The average molecular weight is 479 g/mol. The van der Waals surface area contributed by atoms with Crippen molar-refractivity contribution in [3.63, 3.8) is 0 Å². The van der Waals surface area contributed by atoms with Crippen molar-refractivity contribution < 1.29 is 14.3 Å². The number of piperidine rings is 1. The van der Waals surface area contributed by atoms with Gasteiger partial charge in [0.1, 0.15) is 17.3 Å². The van der Waals surface area contributed by atoms with Gasteiger partial charge in [-0.2, -0.15) is 0 Å². The zero-order chi connectivity index (χ0) is 23.5. The number of hydrogen-bond donors (Lipinski definition) is 3. The van der Waals surface area contributed by atoms with Crippen LogP contribution in [0.25, 0.3) is 5.57 Å². The van der Waals surface area contributed by atoms with Crippen LogP contribution in [-0.2, 0) is 16.1 Å². The summed E-state index contributed by atoms with van der Waals surface area (Å²) in [6.45, 7) is 1.92. The number of rotatable bonds is 6. The number of fused-ring (bicyclic) bond motifs is 1. The van der Waals surface area contributed by atoms with E-state index in [4.69, 9.17) is 4.74 Å². The monoisotopic (exact) mass is 478 g/mol. The summed E-state index contributed by atoms with van der Waals surface area (Å²) in [5, 5.41) is 11.8. The topological polar surface area (TPSA) is 82.7 Å². The number of methoxy groups -OCH3 is 1. The first-order chi connectivity index (χ1) is 16.6. The molecule has 2 saturated heterocycles. The highest BCUT2D eigenvalue weighted by atomic mass is 32.2. The van der Waals surface area contributed by atoms with Crippen LogP contribution in [0.2, 0.25) is 0 Å². The van der Waals surface area contributed by atoms with Gasteiger partial charge in [-0.25, -0.2) is 0 Å². The van der Waals surface area contributed by atoms with Crippen LogP contribution in [0, 0.1) is 5.92 Å². The van der Waals surface area contributed by atoms with Crippen LogP contribution in [0.3, 0.4) is 0 Å². The van der Waals surface area contributed by atoms with Crippen LogP contribution in [0.1, 0.15) is 24.0 Å². The Morgan fingerprint density at radius 3 is 2.88 bits per heavy atom. The minimum atomic E-state index is -0.284. The number of hydrogen-bond acceptors (Lipinski definition) is 6. The fraction of sp³-hybridized carbons (Fsp3) is 0.385. The Labute approximate surface area is 204 Å². The lowest BCUT2D eigenvalue weighted by Gasteiger charge is -2.43. The van der Waals surface area contributed by atoms with E-state index < -0.39 is 0 Å². The van der Waals surface area contributed by atoms with E-state index in [-0.39, 0.29) is 35.3 Å². The van der Waals surface area contributed by atoms with Gasteiger partial charge in [0.15, 0.2) is 0 Å². The van der Waals surface area contributed by atoms with Gasteiger partial charge in [-0.15, -0.1) is 11.8 Å². The van der Waals surface area contributed by atoms with Crippen molar-refractivity contribution in [3.05, 3.63) is 71.1 Å². The van der Waals surface area contributed by atoms with E-state index in [1.807, 2.05) is 42.5 Å². The van der Waals surface area contributed by atoms with E-state index in [0.717, 1.165) is 41.8 Å². The third-order valence-electron chi connectivity index (χ3n) is 6.75. The zero-order valence-corrected chi connectivity index (χ0v) is 20.0. The van der Waals surface area contributed by atoms with E-state index in [1.54, 1.807) is 18.9 Å². The van der Waals surface area contributed by atoms with Gasteiger partial charge in [-0.3, -0.25) is 19.8 Å². The second-order valence-corrected chi connectivity index (χ2v) is 9.97. The molecular formula is C26H30N4O3S. The molecule has 3 N–H and O–H groups in total. The molecule has 4 atom stereocenters. The summed E-state index contributed by atoms with van der Waals surface area (Å²) in [5.41, 5.74) is 3.29. The first-order valence-corrected chi connectivity index (χ1v) is 12.7. The maximum atomic E-state index is 12.9. The van der Waals surface area contributed by atoms with Crippen molar-refractivity contribution in [2.24, 2.45) is 5.92 Å². The molecule has 4 unspecified atom stereocenters. The summed E-state index contributed by atoms with van der Waals surface area (Å²) in [7, 11) is 1.64. The van der Waals surface area contributed by atoms with Crippen molar-refractivity contribution in [1.29, 1.82) is 0 Å². The number of nitrogens with zero attached hydrogens (tertiary/aromatic N) is 1. The molecule has 2 amide bonds. The Kier molecular flexibility index (Phi) is 6.89.